The van der Waals surface area contributed by atoms with Gasteiger partial charge in [0.25, 0.3) is 5.91 Å². The molecule has 0 aliphatic carbocycles. The number of hydrogen-bond acceptors (Lipinski definition) is 4. The van der Waals surface area contributed by atoms with E-state index >= 15 is 0 Å². The van der Waals surface area contributed by atoms with Crippen LogP contribution in [0.1, 0.15) is 50.0 Å². The Hall–Kier alpha value is -1.73. The number of amides is 1. The minimum absolute atomic E-state index is 0.0799. The van der Waals surface area contributed by atoms with Crippen molar-refractivity contribution in [3.05, 3.63) is 35.4 Å². The Balaban J connectivity index is 1.62. The topological polar surface area (TPSA) is 57.2 Å². The Morgan fingerprint density at radius 3 is 2.47 bits per heavy atom. The fourth-order valence-corrected chi connectivity index (χ4v) is 5.21. The van der Waals surface area contributed by atoms with Crippen LogP contribution in [0.25, 0.3) is 0 Å². The number of morpholine rings is 1. The van der Waals surface area contributed by atoms with E-state index in [2.05, 4.69) is 35.8 Å². The maximum Gasteiger partial charge on any atom is 0.254 e. The molecule has 2 aliphatic rings. The first kappa shape index (κ1) is 22.9. The number of carbonyl (C=O) groups is 1. The fraction of sp³-hybridized carbons (Fsp3) is 0.652. The zero-order chi connectivity index (χ0) is 21.5. The lowest BCUT2D eigenvalue weighted by molar-refractivity contribution is -0.0586. The highest BCUT2D eigenvalue weighted by Crippen LogP contribution is 2.21. The number of hydrogen-bond donors (Lipinski definition) is 1. The van der Waals surface area contributed by atoms with Crippen LogP contribution in [0, 0.1) is 0 Å². The van der Waals surface area contributed by atoms with Gasteiger partial charge in [0.1, 0.15) is 0 Å². The highest BCUT2D eigenvalue weighted by molar-refractivity contribution is 8.00. The molecule has 0 saturated carbocycles. The van der Waals surface area contributed by atoms with Crippen molar-refractivity contribution in [2.75, 3.05) is 38.5 Å². The summed E-state index contributed by atoms with van der Waals surface area (Å²) in [6.07, 6.45) is 1.35. The second-order valence-corrected chi connectivity index (χ2v) is 9.59. The summed E-state index contributed by atoms with van der Waals surface area (Å²) in [7, 11) is 0. The lowest BCUT2D eigenvalue weighted by Crippen LogP contribution is -2.48. The van der Waals surface area contributed by atoms with Crippen LogP contribution in [0.2, 0.25) is 0 Å². The molecule has 3 unspecified atom stereocenters. The van der Waals surface area contributed by atoms with Crippen molar-refractivity contribution in [1.82, 2.24) is 15.1 Å². The molecular formula is C23H36N4O2S. The summed E-state index contributed by atoms with van der Waals surface area (Å²) >= 11 is 2.06. The third-order valence-electron chi connectivity index (χ3n) is 5.55. The molecule has 1 N–H and O–H groups in total. The zero-order valence-electron chi connectivity index (χ0n) is 18.8. The Morgan fingerprint density at radius 2 is 1.83 bits per heavy atom. The van der Waals surface area contributed by atoms with Crippen LogP contribution in [-0.4, -0.2) is 77.6 Å². The molecule has 7 heteroatoms. The SMILES string of the molecule is CCNC(=NCc1ccc(C(=O)N2CC(C)OC(C)C2)cc1)N1CCSC(CC)C1. The van der Waals surface area contributed by atoms with E-state index in [0.717, 1.165) is 42.5 Å². The summed E-state index contributed by atoms with van der Waals surface area (Å²) in [5, 5.41) is 4.12. The highest BCUT2D eigenvalue weighted by Gasteiger charge is 2.26. The van der Waals surface area contributed by atoms with E-state index in [1.807, 2.05) is 43.0 Å². The largest absolute Gasteiger partial charge is 0.372 e. The number of carbonyl (C=O) groups excluding carboxylic acids is 1. The number of nitrogens with one attached hydrogen (secondary N) is 1. The first-order valence-corrected chi connectivity index (χ1v) is 12.2. The van der Waals surface area contributed by atoms with Gasteiger partial charge in [-0.1, -0.05) is 19.1 Å². The quantitative estimate of drug-likeness (QED) is 0.572. The monoisotopic (exact) mass is 432 g/mol. The van der Waals surface area contributed by atoms with E-state index < -0.39 is 0 Å². The Bertz CT molecular complexity index is 714. The van der Waals surface area contributed by atoms with Gasteiger partial charge >= 0.3 is 0 Å². The van der Waals surface area contributed by atoms with Crippen molar-refractivity contribution < 1.29 is 9.53 Å². The first-order valence-electron chi connectivity index (χ1n) is 11.2. The van der Waals surface area contributed by atoms with Gasteiger partial charge in [-0.05, 0) is 44.9 Å². The van der Waals surface area contributed by atoms with Gasteiger partial charge in [0.15, 0.2) is 5.96 Å². The zero-order valence-corrected chi connectivity index (χ0v) is 19.6. The third kappa shape index (κ3) is 6.14. The summed E-state index contributed by atoms with van der Waals surface area (Å²) in [6, 6.07) is 7.90. The maximum atomic E-state index is 12.8. The predicted molar refractivity (Wildman–Crippen MR) is 125 cm³/mol. The molecule has 2 aliphatic heterocycles. The summed E-state index contributed by atoms with van der Waals surface area (Å²) in [5.74, 6) is 2.22. The molecule has 1 aromatic rings. The molecule has 1 amide bonds. The van der Waals surface area contributed by atoms with Gasteiger partial charge in [-0.25, -0.2) is 4.99 Å². The minimum atomic E-state index is 0.0799. The van der Waals surface area contributed by atoms with E-state index in [0.29, 0.717) is 24.9 Å². The van der Waals surface area contributed by atoms with Crippen LogP contribution in [0.3, 0.4) is 0 Å². The number of nitrogens with zero attached hydrogens (tertiary/aromatic N) is 3. The molecule has 166 valence electrons. The van der Waals surface area contributed by atoms with Crippen molar-refractivity contribution in [1.29, 1.82) is 0 Å². The summed E-state index contributed by atoms with van der Waals surface area (Å²) in [5.41, 5.74) is 1.85. The lowest BCUT2D eigenvalue weighted by atomic mass is 10.1. The van der Waals surface area contributed by atoms with E-state index in [4.69, 9.17) is 9.73 Å². The molecule has 3 atom stereocenters. The van der Waals surface area contributed by atoms with Crippen molar-refractivity contribution in [3.8, 4) is 0 Å². The summed E-state index contributed by atoms with van der Waals surface area (Å²) in [6.45, 7) is 13.3. The average Bonchev–Trinajstić information content (AvgIpc) is 2.76. The highest BCUT2D eigenvalue weighted by atomic mass is 32.2. The van der Waals surface area contributed by atoms with E-state index in [1.165, 1.54) is 6.42 Å². The Kier molecular flexibility index (Phi) is 8.45. The van der Waals surface area contributed by atoms with Crippen LogP contribution in [-0.2, 0) is 11.3 Å². The number of benzene rings is 1. The maximum absolute atomic E-state index is 12.8. The van der Waals surface area contributed by atoms with Gasteiger partial charge in [0.05, 0.1) is 18.8 Å². The smallest absolute Gasteiger partial charge is 0.254 e. The number of thioether (sulfide) groups is 1. The molecule has 0 radical (unpaired) electrons. The molecule has 2 saturated heterocycles. The molecule has 0 bridgehead atoms. The first-order chi connectivity index (χ1) is 14.5. The molecule has 1 aromatic carbocycles. The molecule has 0 aromatic heterocycles. The molecule has 30 heavy (non-hydrogen) atoms. The average molecular weight is 433 g/mol. The number of guanidine groups is 1. The standard InChI is InChI=1S/C23H36N4O2S/c1-5-21-16-26(11-12-30-21)23(24-6-2)25-13-19-7-9-20(10-8-19)22(28)27-14-17(3)29-18(4)15-27/h7-10,17-18,21H,5-6,11-16H2,1-4H3,(H,24,25). The van der Waals surface area contributed by atoms with Gasteiger partial charge in [-0.3, -0.25) is 4.79 Å². The van der Waals surface area contributed by atoms with Gasteiger partial charge < -0.3 is 19.9 Å². The van der Waals surface area contributed by atoms with Crippen molar-refractivity contribution in [3.63, 3.8) is 0 Å². The van der Waals surface area contributed by atoms with E-state index in [9.17, 15) is 4.79 Å². The summed E-state index contributed by atoms with van der Waals surface area (Å²) in [4.78, 5) is 22.0. The Labute approximate surface area is 185 Å². The van der Waals surface area contributed by atoms with E-state index in [-0.39, 0.29) is 18.1 Å². The van der Waals surface area contributed by atoms with Gasteiger partial charge in [-0.2, -0.15) is 11.8 Å². The van der Waals surface area contributed by atoms with Crippen LogP contribution in [0.4, 0.5) is 0 Å². The molecule has 3 rings (SSSR count). The van der Waals surface area contributed by atoms with Gasteiger partial charge in [0.2, 0.25) is 0 Å². The number of ether oxygens (including phenoxy) is 1. The van der Waals surface area contributed by atoms with Crippen LogP contribution < -0.4 is 5.32 Å². The number of rotatable bonds is 5. The molecule has 6 nitrogen and oxygen atoms in total. The van der Waals surface area contributed by atoms with Crippen LogP contribution in [0.5, 0.6) is 0 Å². The summed E-state index contributed by atoms with van der Waals surface area (Å²) < 4.78 is 5.74. The predicted octanol–water partition coefficient (Wildman–Crippen LogP) is 3.23. The van der Waals surface area contributed by atoms with Crippen molar-refractivity contribution in [2.24, 2.45) is 4.99 Å². The molecule has 2 heterocycles. The minimum Gasteiger partial charge on any atom is -0.372 e. The second-order valence-electron chi connectivity index (χ2n) is 8.18. The molecule has 2 fully saturated rings. The fourth-order valence-electron chi connectivity index (χ4n) is 4.03. The number of aliphatic imine (C=N–C) groups is 1. The third-order valence-corrected chi connectivity index (χ3v) is 6.92. The van der Waals surface area contributed by atoms with Crippen LogP contribution in [0.15, 0.2) is 29.3 Å². The van der Waals surface area contributed by atoms with Crippen molar-refractivity contribution in [2.45, 2.75) is 58.1 Å². The normalized spacial score (nSPS) is 25.3. The van der Waals surface area contributed by atoms with Gasteiger partial charge in [0, 0.05) is 49.3 Å². The molecular weight excluding hydrogens is 396 g/mol. The molecule has 0 spiro atoms. The van der Waals surface area contributed by atoms with E-state index in [1.54, 1.807) is 0 Å². The van der Waals surface area contributed by atoms with Gasteiger partial charge in [-0.15, -0.1) is 0 Å². The van der Waals surface area contributed by atoms with Crippen molar-refractivity contribution >= 4 is 23.6 Å². The Morgan fingerprint density at radius 1 is 1.13 bits per heavy atom. The van der Waals surface area contributed by atoms with Crippen LogP contribution >= 0.6 is 11.8 Å². The second kappa shape index (κ2) is 11.0. The lowest BCUT2D eigenvalue weighted by Gasteiger charge is -2.35.